The zero-order chi connectivity index (χ0) is 4.99. The Morgan fingerprint density at radius 2 is 2.33 bits per heavy atom. The first kappa shape index (κ1) is 5.43. The number of hydrogen-bond donors (Lipinski definition) is 0. The molecule has 0 spiro atoms. The third-order valence-corrected chi connectivity index (χ3v) is 0.291. The van der Waals surface area contributed by atoms with Gasteiger partial charge in [-0.15, -0.1) is 0 Å². The second-order valence-corrected chi connectivity index (χ2v) is 0.812. The summed E-state index contributed by atoms with van der Waals surface area (Å²) in [6.07, 6.45) is 0.654. The molecule has 0 heterocycles. The number of nitrogens with zero attached hydrogens (tertiary/aromatic N) is 1. The van der Waals surface area contributed by atoms with Gasteiger partial charge in [0.1, 0.15) is 0 Å². The van der Waals surface area contributed by atoms with Gasteiger partial charge in [0.2, 0.25) is 6.20 Å². The van der Waals surface area contributed by atoms with E-state index in [1.54, 1.807) is 0 Å². The molecule has 0 aromatic heterocycles. The van der Waals surface area contributed by atoms with E-state index in [9.17, 15) is 10.1 Å². The van der Waals surface area contributed by atoms with Crippen molar-refractivity contribution >= 4 is 11.6 Å². The first-order valence-electron chi connectivity index (χ1n) is 1.17. The van der Waals surface area contributed by atoms with Gasteiger partial charge < -0.3 is 0 Å². The van der Waals surface area contributed by atoms with Gasteiger partial charge in [0.15, 0.2) is 0 Å². The van der Waals surface area contributed by atoms with E-state index in [0.29, 0.717) is 6.20 Å². The maximum absolute atomic E-state index is 9.23. The maximum Gasteiger partial charge on any atom is 0.245 e. The molecule has 0 fully saturated rings. The Labute approximate surface area is 39.4 Å². The first-order valence-corrected chi connectivity index (χ1v) is 1.61. The van der Waals surface area contributed by atoms with E-state index in [-0.39, 0.29) is 0 Å². The average Bonchev–Trinajstić information content (AvgIpc) is 1.35. The van der Waals surface area contributed by atoms with Crippen LogP contribution >= 0.6 is 11.6 Å². The van der Waals surface area contributed by atoms with Gasteiger partial charge in [-0.2, -0.15) is 0 Å². The zero-order valence-corrected chi connectivity index (χ0v) is 3.55. The Morgan fingerprint density at radius 1 is 1.83 bits per heavy atom. The largest absolute Gasteiger partial charge is 0.259 e. The molecule has 0 unspecified atom stereocenters. The molecule has 3 nitrogen and oxygen atoms in total. The predicted octanol–water partition coefficient (Wildman–Crippen LogP) is 0.973. The second-order valence-electron chi connectivity index (χ2n) is 0.560. The number of halogens is 1. The first-order chi connectivity index (χ1) is 2.77. The molecule has 0 aliphatic heterocycles. The van der Waals surface area contributed by atoms with Gasteiger partial charge in [-0.1, -0.05) is 11.6 Å². The Balaban J connectivity index is 3.30. The Morgan fingerprint density at radius 3 is 2.33 bits per heavy atom. The van der Waals surface area contributed by atoms with E-state index in [0.717, 1.165) is 5.54 Å². The minimum Gasteiger partial charge on any atom is -0.259 e. The standard InChI is InChI=1S/C2H2ClNO2/c3-1-2-4(5)6/h1-2H/b2-1-. The fourth-order valence-corrected chi connectivity index (χ4v) is 0.138. The van der Waals surface area contributed by atoms with Gasteiger partial charge in [-0.25, -0.2) is 0 Å². The van der Waals surface area contributed by atoms with Gasteiger partial charge >= 0.3 is 0 Å². The van der Waals surface area contributed by atoms with E-state index in [1.165, 1.54) is 0 Å². The van der Waals surface area contributed by atoms with Crippen LogP contribution < -0.4 is 0 Å². The van der Waals surface area contributed by atoms with Crippen molar-refractivity contribution < 1.29 is 4.92 Å². The van der Waals surface area contributed by atoms with Crippen LogP contribution in [0.2, 0.25) is 0 Å². The maximum atomic E-state index is 9.23. The number of hydrogen-bond acceptors (Lipinski definition) is 2. The molecule has 0 aliphatic rings. The highest BCUT2D eigenvalue weighted by Crippen LogP contribution is 1.75. The van der Waals surface area contributed by atoms with E-state index in [4.69, 9.17) is 11.6 Å². The summed E-state index contributed by atoms with van der Waals surface area (Å²) in [6.45, 7) is 0. The third-order valence-electron chi connectivity index (χ3n) is 0.178. The fourth-order valence-electron chi connectivity index (χ4n) is 0.0460. The van der Waals surface area contributed by atoms with Gasteiger partial charge in [-0.3, -0.25) is 10.1 Å². The van der Waals surface area contributed by atoms with Crippen molar-refractivity contribution in [3.63, 3.8) is 0 Å². The summed E-state index contributed by atoms with van der Waals surface area (Å²) in [5.41, 5.74) is 0.847. The molecule has 0 rings (SSSR count). The van der Waals surface area contributed by atoms with Crippen LogP contribution in [0.4, 0.5) is 0 Å². The molecule has 0 amide bonds. The van der Waals surface area contributed by atoms with Crippen LogP contribution in [0.1, 0.15) is 0 Å². The van der Waals surface area contributed by atoms with Crippen LogP contribution in [0.25, 0.3) is 0 Å². The second kappa shape index (κ2) is 2.66. The summed E-state index contributed by atoms with van der Waals surface area (Å²) < 4.78 is 0. The highest BCUT2D eigenvalue weighted by Gasteiger charge is 1.75. The van der Waals surface area contributed by atoms with Gasteiger partial charge in [0.25, 0.3) is 0 Å². The van der Waals surface area contributed by atoms with Crippen molar-refractivity contribution in [1.29, 1.82) is 0 Å². The molecule has 0 aromatic carbocycles. The van der Waals surface area contributed by atoms with Crippen molar-refractivity contribution in [3.05, 3.63) is 21.8 Å². The predicted molar refractivity (Wildman–Crippen MR) is 22.0 cm³/mol. The van der Waals surface area contributed by atoms with Crippen molar-refractivity contribution in [2.24, 2.45) is 0 Å². The van der Waals surface area contributed by atoms with Crippen molar-refractivity contribution in [2.75, 3.05) is 0 Å². The summed E-state index contributed by atoms with van der Waals surface area (Å²) in [5, 5.41) is 9.23. The van der Waals surface area contributed by atoms with Crippen molar-refractivity contribution in [1.82, 2.24) is 0 Å². The molecule has 6 heavy (non-hydrogen) atoms. The Kier molecular flexibility index (Phi) is 2.40. The van der Waals surface area contributed by atoms with E-state index in [2.05, 4.69) is 0 Å². The molecule has 0 atom stereocenters. The van der Waals surface area contributed by atoms with Gasteiger partial charge in [-0.05, 0) is 0 Å². The lowest BCUT2D eigenvalue weighted by Gasteiger charge is -1.68. The molecule has 0 radical (unpaired) electrons. The highest BCUT2D eigenvalue weighted by molar-refractivity contribution is 6.25. The molecular weight excluding hydrogens is 105 g/mol. The van der Waals surface area contributed by atoms with Crippen LogP contribution in [-0.4, -0.2) is 4.92 Å². The minimum atomic E-state index is -0.632. The Hall–Kier alpha value is -0.570. The summed E-state index contributed by atoms with van der Waals surface area (Å²) >= 11 is 4.77. The number of rotatable bonds is 1. The SMILES string of the molecule is O=[N+]([O-])/C=C\Cl. The lowest BCUT2D eigenvalue weighted by atomic mass is 11.1. The monoisotopic (exact) mass is 107 g/mol. The van der Waals surface area contributed by atoms with Gasteiger partial charge in [0, 0.05) is 0 Å². The van der Waals surface area contributed by atoms with E-state index >= 15 is 0 Å². The topological polar surface area (TPSA) is 43.1 Å². The van der Waals surface area contributed by atoms with E-state index < -0.39 is 4.92 Å². The van der Waals surface area contributed by atoms with Crippen LogP contribution in [0.15, 0.2) is 11.7 Å². The molecule has 0 N–H and O–H groups in total. The van der Waals surface area contributed by atoms with Crippen LogP contribution in [0.3, 0.4) is 0 Å². The summed E-state index contributed by atoms with van der Waals surface area (Å²) in [6, 6.07) is 0. The zero-order valence-electron chi connectivity index (χ0n) is 2.80. The molecule has 0 saturated heterocycles. The average molecular weight is 107 g/mol. The molecule has 0 aromatic rings. The molecule has 34 valence electrons. The van der Waals surface area contributed by atoms with Crippen LogP contribution in [0.5, 0.6) is 0 Å². The molecule has 0 saturated carbocycles. The normalized spacial score (nSPS) is 9.50. The lowest BCUT2D eigenvalue weighted by Crippen LogP contribution is -1.78. The quantitative estimate of drug-likeness (QED) is 0.370. The number of nitro groups is 1. The Bertz CT molecular complexity index is 79.6. The van der Waals surface area contributed by atoms with Crippen molar-refractivity contribution in [2.45, 2.75) is 0 Å². The highest BCUT2D eigenvalue weighted by atomic mass is 35.5. The lowest BCUT2D eigenvalue weighted by molar-refractivity contribution is -0.402. The summed E-state index contributed by atoms with van der Waals surface area (Å²) in [4.78, 5) is 8.60. The fraction of sp³-hybridized carbons (Fsp3) is 0. The summed E-state index contributed by atoms with van der Waals surface area (Å²) in [5.74, 6) is 0. The van der Waals surface area contributed by atoms with Crippen LogP contribution in [-0.2, 0) is 0 Å². The molecule has 0 bridgehead atoms. The van der Waals surface area contributed by atoms with Crippen molar-refractivity contribution in [3.8, 4) is 0 Å². The summed E-state index contributed by atoms with van der Waals surface area (Å²) in [7, 11) is 0. The third kappa shape index (κ3) is 3.43. The van der Waals surface area contributed by atoms with E-state index in [1.807, 2.05) is 0 Å². The molecular formula is C2H2ClNO2. The molecule has 0 aliphatic carbocycles. The van der Waals surface area contributed by atoms with Crippen LogP contribution in [0, 0.1) is 10.1 Å². The van der Waals surface area contributed by atoms with Gasteiger partial charge in [0.05, 0.1) is 10.5 Å². The minimum absolute atomic E-state index is 0.632. The molecule has 4 heteroatoms. The smallest absolute Gasteiger partial charge is 0.245 e.